The van der Waals surface area contributed by atoms with Crippen LogP contribution in [0.15, 0.2) is 23.2 Å². The van der Waals surface area contributed by atoms with Crippen LogP contribution < -0.4 is 15.4 Å². The molecule has 5 nitrogen and oxygen atoms in total. The average Bonchev–Trinajstić information content (AvgIpc) is 2.54. The number of guanidine groups is 1. The highest BCUT2D eigenvalue weighted by molar-refractivity contribution is 14.0. The summed E-state index contributed by atoms with van der Waals surface area (Å²) in [6.45, 7) is 12.2. The van der Waals surface area contributed by atoms with Crippen LogP contribution in [-0.2, 0) is 17.2 Å². The van der Waals surface area contributed by atoms with Crippen LogP contribution in [0.2, 0.25) is 0 Å². The van der Waals surface area contributed by atoms with Crippen LogP contribution in [0, 0.1) is 6.92 Å². The summed E-state index contributed by atoms with van der Waals surface area (Å²) in [5.74, 6) is 2.25. The minimum absolute atomic E-state index is 0. The molecule has 26 heavy (non-hydrogen) atoms. The number of nitrogens with one attached hydrogen (secondary N) is 2. The van der Waals surface area contributed by atoms with Crippen molar-refractivity contribution in [3.05, 3.63) is 29.3 Å². The Kier molecular flexibility index (Phi) is 12.1. The van der Waals surface area contributed by atoms with Crippen molar-refractivity contribution in [1.82, 2.24) is 10.6 Å². The lowest BCUT2D eigenvalue weighted by Gasteiger charge is -2.17. The summed E-state index contributed by atoms with van der Waals surface area (Å²) in [7, 11) is 0.818. The Balaban J connectivity index is 0.00000625. The summed E-state index contributed by atoms with van der Waals surface area (Å²) in [5, 5.41) is 6.57. The molecule has 1 rings (SSSR count). The summed E-state index contributed by atoms with van der Waals surface area (Å²) in [4.78, 5) is 4.53. The number of hydrogen-bond donors (Lipinski definition) is 2. The van der Waals surface area contributed by atoms with E-state index in [4.69, 9.17) is 4.74 Å². The quantitative estimate of drug-likeness (QED) is 0.330. The molecule has 0 aliphatic heterocycles. The van der Waals surface area contributed by atoms with Crippen molar-refractivity contribution in [2.75, 3.05) is 32.5 Å². The zero-order chi connectivity index (χ0) is 18.9. The van der Waals surface area contributed by atoms with Crippen LogP contribution in [0.1, 0.15) is 38.8 Å². The Morgan fingerprint density at radius 2 is 1.96 bits per heavy atom. The van der Waals surface area contributed by atoms with Gasteiger partial charge in [0.2, 0.25) is 0 Å². The van der Waals surface area contributed by atoms with E-state index in [-0.39, 0.29) is 28.7 Å². The molecule has 0 heterocycles. The molecule has 0 bridgehead atoms. The van der Waals surface area contributed by atoms with Crippen molar-refractivity contribution in [1.29, 1.82) is 0 Å². The number of halogens is 1. The van der Waals surface area contributed by atoms with Gasteiger partial charge in [-0.3, -0.25) is 9.20 Å². The van der Waals surface area contributed by atoms with Gasteiger partial charge < -0.3 is 15.4 Å². The molecule has 1 aromatic carbocycles. The molecule has 1 atom stereocenters. The summed E-state index contributed by atoms with van der Waals surface area (Å²) < 4.78 is 17.3. The van der Waals surface area contributed by atoms with E-state index >= 15 is 0 Å². The van der Waals surface area contributed by atoms with Crippen molar-refractivity contribution in [3.8, 4) is 5.75 Å². The van der Waals surface area contributed by atoms with E-state index in [2.05, 4.69) is 34.7 Å². The number of hydrogen-bond acceptors (Lipinski definition) is 3. The Bertz CT molecular complexity index is 601. The predicted octanol–water partition coefficient (Wildman–Crippen LogP) is 3.27. The minimum Gasteiger partial charge on any atom is -0.496 e. The third-order valence-corrected chi connectivity index (χ3v) is 5.62. The van der Waals surface area contributed by atoms with E-state index in [1.54, 1.807) is 7.11 Å². The maximum Gasteiger partial charge on any atom is 0.191 e. The normalized spacial score (nSPS) is 12.9. The lowest BCUT2D eigenvalue weighted by atomic mass is 10.1. The van der Waals surface area contributed by atoms with Crippen LogP contribution in [0.4, 0.5) is 0 Å². The molecule has 0 aliphatic carbocycles. The summed E-state index contributed by atoms with van der Waals surface area (Å²) >= 11 is 0. The largest absolute Gasteiger partial charge is 0.496 e. The number of aliphatic imine (C=N–C) groups is 1. The van der Waals surface area contributed by atoms with Crippen molar-refractivity contribution >= 4 is 40.7 Å². The van der Waals surface area contributed by atoms with Gasteiger partial charge in [0.25, 0.3) is 0 Å². The zero-order valence-corrected chi connectivity index (χ0v) is 20.0. The second-order valence-electron chi connectivity index (χ2n) is 6.91. The number of methoxy groups -OCH3 is 1. The molecular formula is C19H34IN3O2S. The number of ether oxygens (including phenoxy) is 1. The molecule has 0 saturated carbocycles. The molecule has 150 valence electrons. The maximum absolute atomic E-state index is 12.1. The SMILES string of the molecule is CCNC(=NCCS(=O)C(C)(C)C)NCCc1cc(C)ccc1OC.I. The second-order valence-corrected chi connectivity index (χ2v) is 9.24. The molecule has 0 saturated heterocycles. The predicted molar refractivity (Wildman–Crippen MR) is 124 cm³/mol. The van der Waals surface area contributed by atoms with Crippen LogP contribution in [0.25, 0.3) is 0 Å². The third-order valence-electron chi connectivity index (χ3n) is 3.70. The Morgan fingerprint density at radius 1 is 1.27 bits per heavy atom. The van der Waals surface area contributed by atoms with E-state index in [0.29, 0.717) is 12.3 Å². The first-order valence-corrected chi connectivity index (χ1v) is 10.1. The van der Waals surface area contributed by atoms with Gasteiger partial charge in [-0.25, -0.2) is 0 Å². The molecule has 0 radical (unpaired) electrons. The fraction of sp³-hybridized carbons (Fsp3) is 0.632. The maximum atomic E-state index is 12.1. The number of rotatable bonds is 8. The highest BCUT2D eigenvalue weighted by Crippen LogP contribution is 2.19. The van der Waals surface area contributed by atoms with Gasteiger partial charge in [0, 0.05) is 34.4 Å². The van der Waals surface area contributed by atoms with Crippen LogP contribution in [-0.4, -0.2) is 47.4 Å². The Labute approximate surface area is 178 Å². The minimum atomic E-state index is -0.879. The van der Waals surface area contributed by atoms with Crippen molar-refractivity contribution in [3.63, 3.8) is 0 Å². The van der Waals surface area contributed by atoms with E-state index in [1.165, 1.54) is 11.1 Å². The zero-order valence-electron chi connectivity index (χ0n) is 16.8. The van der Waals surface area contributed by atoms with Crippen molar-refractivity contribution in [2.24, 2.45) is 4.99 Å². The lowest BCUT2D eigenvalue weighted by molar-refractivity contribution is 0.409. The molecule has 1 aromatic rings. The van der Waals surface area contributed by atoms with Gasteiger partial charge in [-0.05, 0) is 52.7 Å². The average molecular weight is 495 g/mol. The molecule has 0 fully saturated rings. The fourth-order valence-electron chi connectivity index (χ4n) is 2.31. The molecule has 1 unspecified atom stereocenters. The smallest absolute Gasteiger partial charge is 0.191 e. The van der Waals surface area contributed by atoms with Gasteiger partial charge in [0.1, 0.15) is 5.75 Å². The van der Waals surface area contributed by atoms with E-state index in [0.717, 1.165) is 31.2 Å². The molecular weight excluding hydrogens is 461 g/mol. The van der Waals surface area contributed by atoms with Crippen molar-refractivity contribution in [2.45, 2.75) is 45.8 Å². The van der Waals surface area contributed by atoms with Crippen LogP contribution in [0.5, 0.6) is 5.75 Å². The highest BCUT2D eigenvalue weighted by atomic mass is 127. The van der Waals surface area contributed by atoms with E-state index in [1.807, 2.05) is 33.8 Å². The van der Waals surface area contributed by atoms with Gasteiger partial charge in [0.05, 0.1) is 13.7 Å². The first-order chi connectivity index (χ1) is 11.8. The molecule has 7 heteroatoms. The summed E-state index contributed by atoms with van der Waals surface area (Å²) in [5.41, 5.74) is 2.40. The summed E-state index contributed by atoms with van der Waals surface area (Å²) in [6.07, 6.45) is 0.850. The number of aryl methyl sites for hydroxylation is 1. The molecule has 0 amide bonds. The second kappa shape index (κ2) is 12.5. The molecule has 0 spiro atoms. The monoisotopic (exact) mass is 495 g/mol. The topological polar surface area (TPSA) is 62.7 Å². The van der Waals surface area contributed by atoms with Gasteiger partial charge in [-0.2, -0.15) is 0 Å². The van der Waals surface area contributed by atoms with Gasteiger partial charge >= 0.3 is 0 Å². The number of nitrogens with zero attached hydrogens (tertiary/aromatic N) is 1. The van der Waals surface area contributed by atoms with Crippen LogP contribution >= 0.6 is 24.0 Å². The highest BCUT2D eigenvalue weighted by Gasteiger charge is 2.18. The first-order valence-electron chi connectivity index (χ1n) is 8.82. The molecule has 0 aliphatic rings. The molecule has 0 aromatic heterocycles. The standard InChI is InChI=1S/C19H33N3O2S.HI/c1-7-20-18(22-12-13-25(23)19(3,4)5)21-11-10-16-14-15(2)8-9-17(16)24-6;/h8-9,14H,7,10-13H2,1-6H3,(H2,20,21,22);1H. The van der Waals surface area contributed by atoms with Gasteiger partial charge in [-0.1, -0.05) is 17.7 Å². The van der Waals surface area contributed by atoms with Crippen LogP contribution in [0.3, 0.4) is 0 Å². The fourth-order valence-corrected chi connectivity index (χ4v) is 3.18. The van der Waals surface area contributed by atoms with E-state index < -0.39 is 10.8 Å². The Morgan fingerprint density at radius 3 is 2.54 bits per heavy atom. The summed E-state index contributed by atoms with van der Waals surface area (Å²) in [6, 6.07) is 6.21. The first kappa shape index (κ1) is 25.2. The van der Waals surface area contributed by atoms with Gasteiger partial charge in [-0.15, -0.1) is 24.0 Å². The van der Waals surface area contributed by atoms with Crippen molar-refractivity contribution < 1.29 is 8.95 Å². The molecule has 2 N–H and O–H groups in total. The lowest BCUT2D eigenvalue weighted by Crippen LogP contribution is -2.38. The Hall–Kier alpha value is -0.830. The van der Waals surface area contributed by atoms with Gasteiger partial charge in [0.15, 0.2) is 5.96 Å². The third kappa shape index (κ3) is 9.21. The van der Waals surface area contributed by atoms with E-state index in [9.17, 15) is 4.21 Å². The number of benzene rings is 1.